The number of carbonyl (C=O) groups is 2. The minimum atomic E-state index is -0.992. The number of hydrogen-bond donors (Lipinski definition) is 1. The molecule has 1 saturated carbocycles. The minimum absolute atomic E-state index is 0.171. The van der Waals surface area contributed by atoms with Crippen molar-refractivity contribution in [2.75, 3.05) is 92.5 Å². The molecule has 1 heterocycles. The van der Waals surface area contributed by atoms with Crippen molar-refractivity contribution in [3.05, 3.63) is 76.0 Å². The molecule has 52 heavy (non-hydrogen) atoms. The fraction of sp³-hybridized carbons (Fsp3) is 0.600. The highest BCUT2D eigenvalue weighted by Gasteiger charge is 2.47. The van der Waals surface area contributed by atoms with E-state index in [1.54, 1.807) is 0 Å². The zero-order valence-electron chi connectivity index (χ0n) is 31.2. The monoisotopic (exact) mass is 730 g/mol. The molecule has 0 radical (unpaired) electrons. The quantitative estimate of drug-likeness (QED) is 0.133. The number of hydrogen-bond acceptors (Lipinski definition) is 11. The topological polar surface area (TPSA) is 137 Å². The van der Waals surface area contributed by atoms with Crippen LogP contribution in [-0.4, -0.2) is 122 Å². The van der Waals surface area contributed by atoms with Crippen molar-refractivity contribution in [1.82, 2.24) is 0 Å². The van der Waals surface area contributed by atoms with E-state index in [2.05, 4.69) is 45.0 Å². The van der Waals surface area contributed by atoms with Gasteiger partial charge in [-0.3, -0.25) is 0 Å². The van der Waals surface area contributed by atoms with Crippen LogP contribution >= 0.6 is 0 Å². The molecule has 0 saturated heterocycles. The molecule has 0 bridgehead atoms. The Bertz CT molecular complexity index is 1300. The number of carboxylic acid groups (broad SMARTS) is 1. The third-order valence-corrected chi connectivity index (χ3v) is 8.79. The molecule has 2 aliphatic rings. The molecule has 0 aromatic heterocycles. The zero-order valence-corrected chi connectivity index (χ0v) is 31.2. The summed E-state index contributed by atoms with van der Waals surface area (Å²) in [5.74, 6) is 0.00613. The Hall–Kier alpha value is -3.20. The lowest BCUT2D eigenvalue weighted by molar-refractivity contribution is -0.142. The number of carboxylic acids is 1. The molecule has 12 heteroatoms. The summed E-state index contributed by atoms with van der Waals surface area (Å²) in [6.07, 6.45) is 3.71. The van der Waals surface area contributed by atoms with Crippen LogP contribution in [0.2, 0.25) is 0 Å². The van der Waals surface area contributed by atoms with Crippen LogP contribution in [0.5, 0.6) is 0 Å². The van der Waals surface area contributed by atoms with E-state index >= 15 is 0 Å². The molecule has 1 aliphatic heterocycles. The Kier molecular flexibility index (Phi) is 20.7. The summed E-state index contributed by atoms with van der Waals surface area (Å²) in [6.45, 7) is 14.7. The smallest absolute Gasteiger partial charge is 0.329 e. The molecule has 290 valence electrons. The Balaban J connectivity index is 0.00000358. The van der Waals surface area contributed by atoms with Crippen molar-refractivity contribution >= 4 is 18.3 Å². The lowest BCUT2D eigenvalue weighted by Crippen LogP contribution is -2.39. The van der Waals surface area contributed by atoms with Crippen LogP contribution < -0.4 is 0 Å². The number of carbonyl (C=O) groups excluding carboxylic acids is 1. The van der Waals surface area contributed by atoms with E-state index in [9.17, 15) is 4.79 Å². The molecule has 0 atom stereocenters. The highest BCUT2D eigenvalue weighted by Crippen LogP contribution is 2.48. The van der Waals surface area contributed by atoms with Crippen molar-refractivity contribution in [2.24, 2.45) is 0 Å². The van der Waals surface area contributed by atoms with Crippen molar-refractivity contribution in [3.8, 4) is 0 Å². The van der Waals surface area contributed by atoms with Crippen LogP contribution in [-0.2, 0) is 58.8 Å². The number of aryl methyl sites for hydroxylation is 3. The first-order valence-electron chi connectivity index (χ1n) is 18.1. The summed E-state index contributed by atoms with van der Waals surface area (Å²) < 4.78 is 51.9. The Labute approximate surface area is 308 Å². The van der Waals surface area contributed by atoms with Gasteiger partial charge in [0.05, 0.1) is 92.0 Å². The Morgan fingerprint density at radius 1 is 0.750 bits per heavy atom. The molecule has 1 fully saturated rings. The van der Waals surface area contributed by atoms with Crippen LogP contribution in [0.1, 0.15) is 53.5 Å². The average molecular weight is 731 g/mol. The molecular weight excluding hydrogens is 672 g/mol. The first kappa shape index (κ1) is 43.2. The number of rotatable bonds is 25. The van der Waals surface area contributed by atoms with E-state index in [4.69, 9.17) is 52.5 Å². The zero-order chi connectivity index (χ0) is 37.4. The fourth-order valence-corrected chi connectivity index (χ4v) is 6.53. The maximum absolute atomic E-state index is 10.3. The second-order valence-corrected chi connectivity index (χ2v) is 12.7. The highest BCUT2D eigenvalue weighted by atomic mass is 16.6. The van der Waals surface area contributed by atoms with E-state index in [1.807, 2.05) is 25.0 Å². The van der Waals surface area contributed by atoms with Gasteiger partial charge in [0.15, 0.2) is 0 Å². The van der Waals surface area contributed by atoms with Gasteiger partial charge < -0.3 is 52.5 Å². The summed E-state index contributed by atoms with van der Waals surface area (Å²) in [5.41, 5.74) is 6.96. The summed E-state index contributed by atoms with van der Waals surface area (Å²) in [4.78, 5) is 18.3. The lowest BCUT2D eigenvalue weighted by atomic mass is 9.80. The summed E-state index contributed by atoms with van der Waals surface area (Å²) in [6, 6.07) is 14.8. The van der Waals surface area contributed by atoms with Crippen LogP contribution in [0.15, 0.2) is 48.2 Å². The van der Waals surface area contributed by atoms with Gasteiger partial charge in [-0.2, -0.15) is 0 Å². The summed E-state index contributed by atoms with van der Waals surface area (Å²) in [5, 5.41) is 8.47. The minimum Gasteiger partial charge on any atom is -0.490 e. The van der Waals surface area contributed by atoms with E-state index in [-0.39, 0.29) is 19.3 Å². The van der Waals surface area contributed by atoms with Crippen LogP contribution in [0.3, 0.4) is 0 Å². The van der Waals surface area contributed by atoms with Gasteiger partial charge in [-0.05, 0) is 68.7 Å². The molecule has 0 unspecified atom stereocenters. The SMILES string of the molecule is C=O.Cc1cc(C)c(C2=C(OCc3ccccc3)C3(CCC(OCCOCCOCCOCCOCCOCCOCC(=O)O)CC3)OC2)c(C)c1. The van der Waals surface area contributed by atoms with Gasteiger partial charge in [0.25, 0.3) is 0 Å². The predicted molar refractivity (Wildman–Crippen MR) is 195 cm³/mol. The van der Waals surface area contributed by atoms with Crippen LogP contribution in [0, 0.1) is 20.8 Å². The fourth-order valence-electron chi connectivity index (χ4n) is 6.53. The predicted octanol–water partition coefficient (Wildman–Crippen LogP) is 5.27. The molecule has 4 rings (SSSR count). The second kappa shape index (κ2) is 24.9. The first-order valence-corrected chi connectivity index (χ1v) is 18.1. The van der Waals surface area contributed by atoms with Gasteiger partial charge in [0, 0.05) is 5.57 Å². The van der Waals surface area contributed by atoms with Gasteiger partial charge in [0.1, 0.15) is 31.4 Å². The molecular formula is C40H58O12. The molecule has 1 aliphatic carbocycles. The van der Waals surface area contributed by atoms with Gasteiger partial charge in [-0.25, -0.2) is 4.79 Å². The summed E-state index contributed by atoms with van der Waals surface area (Å²) >= 11 is 0. The number of benzene rings is 2. The van der Waals surface area contributed by atoms with Crippen LogP contribution in [0.4, 0.5) is 0 Å². The first-order chi connectivity index (χ1) is 25.4. The van der Waals surface area contributed by atoms with E-state index in [0.717, 1.165) is 37.0 Å². The molecule has 1 spiro atoms. The maximum atomic E-state index is 10.3. The number of aliphatic carboxylic acids is 1. The van der Waals surface area contributed by atoms with Gasteiger partial charge in [-0.15, -0.1) is 0 Å². The third-order valence-electron chi connectivity index (χ3n) is 8.79. The van der Waals surface area contributed by atoms with Gasteiger partial charge in [0.2, 0.25) is 0 Å². The van der Waals surface area contributed by atoms with Gasteiger partial charge in [-0.1, -0.05) is 48.0 Å². The normalized spacial score (nSPS) is 18.4. The lowest BCUT2D eigenvalue weighted by Gasteiger charge is -2.38. The largest absolute Gasteiger partial charge is 0.490 e. The third kappa shape index (κ3) is 15.0. The van der Waals surface area contributed by atoms with Gasteiger partial charge >= 0.3 is 5.97 Å². The highest BCUT2D eigenvalue weighted by molar-refractivity contribution is 5.76. The van der Waals surface area contributed by atoms with Crippen molar-refractivity contribution in [1.29, 1.82) is 0 Å². The standard InChI is InChI=1S/C39H56O11.CH2O/c1-30-25-31(2)37(32(3)26-30)35-28-50-39(38(35)49-27-33-7-5-4-6-8-33)11-9-34(10-12-39)48-24-23-46-20-19-44-16-15-42-13-14-43-17-18-45-21-22-47-29-36(40)41;1-2/h4-8,25-26,34H,9-24,27-29H2,1-3H3,(H,40,41);1H2. The molecule has 12 nitrogen and oxygen atoms in total. The van der Waals surface area contributed by atoms with E-state index in [0.29, 0.717) is 85.9 Å². The summed E-state index contributed by atoms with van der Waals surface area (Å²) in [7, 11) is 0. The Morgan fingerprint density at radius 3 is 1.73 bits per heavy atom. The molecule has 0 amide bonds. The van der Waals surface area contributed by atoms with E-state index in [1.165, 1.54) is 27.8 Å². The average Bonchev–Trinajstić information content (AvgIpc) is 3.47. The second-order valence-electron chi connectivity index (χ2n) is 12.7. The molecule has 1 N–H and O–H groups in total. The molecule has 2 aromatic carbocycles. The maximum Gasteiger partial charge on any atom is 0.329 e. The van der Waals surface area contributed by atoms with Crippen molar-refractivity contribution in [2.45, 2.75) is 64.8 Å². The van der Waals surface area contributed by atoms with Crippen LogP contribution in [0.25, 0.3) is 5.57 Å². The van der Waals surface area contributed by atoms with E-state index < -0.39 is 11.6 Å². The Morgan fingerprint density at radius 2 is 1.23 bits per heavy atom. The number of ether oxygens (including phenoxy) is 9. The molecule has 2 aromatic rings. The van der Waals surface area contributed by atoms with Crippen molar-refractivity contribution in [3.63, 3.8) is 0 Å². The van der Waals surface area contributed by atoms with Crippen molar-refractivity contribution < 1.29 is 57.3 Å².